The van der Waals surface area contributed by atoms with Gasteiger partial charge in [-0.3, -0.25) is 0 Å². The van der Waals surface area contributed by atoms with Gasteiger partial charge in [-0.15, -0.1) is 0 Å². The molecule has 0 bridgehead atoms. The maximum atomic E-state index is 13.1. The average molecular weight is 364 g/mol. The van der Waals surface area contributed by atoms with E-state index in [1.165, 1.54) is 6.07 Å². The van der Waals surface area contributed by atoms with Crippen LogP contribution >= 0.6 is 15.9 Å². The molecule has 1 aromatic carbocycles. The van der Waals surface area contributed by atoms with Crippen LogP contribution in [0, 0.1) is 5.41 Å². The molecule has 1 aromatic rings. The number of hydrogen-bond donors (Lipinski definition) is 0. The molecule has 5 heteroatoms. The second-order valence-corrected chi connectivity index (χ2v) is 7.04. The number of alkyl halides is 4. The summed E-state index contributed by atoms with van der Waals surface area (Å²) in [6, 6.07) is 4.70. The third-order valence-electron chi connectivity index (χ3n) is 4.25. The number of halogens is 4. The molecule has 0 aliphatic carbocycles. The summed E-state index contributed by atoms with van der Waals surface area (Å²) < 4.78 is 39.4. The van der Waals surface area contributed by atoms with Gasteiger partial charge in [0.15, 0.2) is 0 Å². The van der Waals surface area contributed by atoms with Crippen LogP contribution in [0.15, 0.2) is 18.2 Å². The molecule has 2 rings (SSSR count). The van der Waals surface area contributed by atoms with Crippen molar-refractivity contribution in [1.82, 2.24) is 0 Å². The van der Waals surface area contributed by atoms with Gasteiger partial charge in [0, 0.05) is 24.1 Å². The number of benzene rings is 1. The van der Waals surface area contributed by atoms with Gasteiger partial charge in [-0.05, 0) is 42.4 Å². The largest absolute Gasteiger partial charge is 0.416 e. The average Bonchev–Trinajstić information content (AvgIpc) is 2.58. The molecule has 0 atom stereocenters. The Labute approximate surface area is 132 Å². The van der Waals surface area contributed by atoms with Crippen molar-refractivity contribution < 1.29 is 13.2 Å². The minimum absolute atomic E-state index is 0.217. The summed E-state index contributed by atoms with van der Waals surface area (Å²) >= 11 is 3.14. The molecule has 0 spiro atoms. The lowest BCUT2D eigenvalue weighted by Crippen LogP contribution is -2.25. The molecule has 0 unspecified atom stereocenters. The van der Waals surface area contributed by atoms with Crippen molar-refractivity contribution in [2.45, 2.75) is 44.6 Å². The Kier molecular flexibility index (Phi) is 4.91. The summed E-state index contributed by atoms with van der Waals surface area (Å²) in [4.78, 5) is 2.09. The fourth-order valence-electron chi connectivity index (χ4n) is 2.82. The van der Waals surface area contributed by atoms with E-state index in [-0.39, 0.29) is 10.7 Å². The highest BCUT2D eigenvalue weighted by molar-refractivity contribution is 9.08. The first kappa shape index (κ1) is 16.7. The van der Waals surface area contributed by atoms with Crippen LogP contribution in [0.25, 0.3) is 0 Å². The van der Waals surface area contributed by atoms with E-state index in [4.69, 9.17) is 0 Å². The fraction of sp³-hybridized carbons (Fsp3) is 0.625. The van der Waals surface area contributed by atoms with Crippen molar-refractivity contribution in [3.8, 4) is 0 Å². The molecule has 1 aliphatic heterocycles. The number of nitrogens with zero attached hydrogens (tertiary/aromatic N) is 1. The van der Waals surface area contributed by atoms with Crippen molar-refractivity contribution in [2.24, 2.45) is 5.41 Å². The Morgan fingerprint density at radius 2 is 1.90 bits per heavy atom. The summed E-state index contributed by atoms with van der Waals surface area (Å²) in [5.41, 5.74) is 0.726. The highest BCUT2D eigenvalue weighted by Gasteiger charge is 2.34. The van der Waals surface area contributed by atoms with Gasteiger partial charge in [0.05, 0.1) is 5.56 Å². The van der Waals surface area contributed by atoms with Crippen molar-refractivity contribution >= 4 is 21.6 Å². The third-order valence-corrected chi connectivity index (χ3v) is 4.85. The van der Waals surface area contributed by atoms with Crippen LogP contribution in [-0.4, -0.2) is 13.1 Å². The molecule has 1 nitrogen and oxygen atoms in total. The van der Waals surface area contributed by atoms with Crippen LogP contribution in [0.5, 0.6) is 0 Å². The summed E-state index contributed by atoms with van der Waals surface area (Å²) in [6.07, 6.45) is -1.15. The van der Waals surface area contributed by atoms with Crippen LogP contribution in [0.1, 0.15) is 44.2 Å². The topological polar surface area (TPSA) is 3.24 Å². The lowest BCUT2D eigenvalue weighted by atomic mass is 9.85. The molecule has 1 saturated heterocycles. The smallest absolute Gasteiger partial charge is 0.372 e. The van der Waals surface area contributed by atoms with Crippen LogP contribution < -0.4 is 4.90 Å². The maximum Gasteiger partial charge on any atom is 0.416 e. The zero-order valence-electron chi connectivity index (χ0n) is 12.4. The maximum absolute atomic E-state index is 13.1. The van der Waals surface area contributed by atoms with Gasteiger partial charge in [-0.1, -0.05) is 35.8 Å². The standard InChI is InChI=1S/C16H21BrF3N/c1-15(2)6-3-8-21(9-7-15)13-5-4-12(11-17)14(10-13)16(18,19)20/h4-5,10H,3,6-9,11H2,1-2H3. The molecule has 0 amide bonds. The molecule has 0 saturated carbocycles. The lowest BCUT2D eigenvalue weighted by molar-refractivity contribution is -0.138. The summed E-state index contributed by atoms with van der Waals surface area (Å²) in [5.74, 6) is 0. The van der Waals surface area contributed by atoms with E-state index in [0.29, 0.717) is 11.3 Å². The van der Waals surface area contributed by atoms with E-state index in [0.717, 1.165) is 32.4 Å². The molecule has 118 valence electrons. The Hall–Kier alpha value is -0.710. The molecule has 0 aromatic heterocycles. The van der Waals surface area contributed by atoms with Gasteiger partial charge in [-0.25, -0.2) is 0 Å². The first-order chi connectivity index (χ1) is 9.73. The van der Waals surface area contributed by atoms with Crippen molar-refractivity contribution in [1.29, 1.82) is 0 Å². The molecule has 1 aliphatic rings. The first-order valence-electron chi connectivity index (χ1n) is 7.24. The van der Waals surface area contributed by atoms with E-state index in [2.05, 4.69) is 34.7 Å². The van der Waals surface area contributed by atoms with E-state index in [9.17, 15) is 13.2 Å². The fourth-order valence-corrected chi connectivity index (χ4v) is 3.31. The number of anilines is 1. The Morgan fingerprint density at radius 1 is 1.19 bits per heavy atom. The molecule has 21 heavy (non-hydrogen) atoms. The molecular weight excluding hydrogens is 343 g/mol. The predicted molar refractivity (Wildman–Crippen MR) is 83.9 cm³/mol. The number of hydrogen-bond acceptors (Lipinski definition) is 1. The first-order valence-corrected chi connectivity index (χ1v) is 8.36. The van der Waals surface area contributed by atoms with Gasteiger partial charge in [-0.2, -0.15) is 13.2 Å². The van der Waals surface area contributed by atoms with Gasteiger partial charge >= 0.3 is 6.18 Å². The molecule has 0 N–H and O–H groups in total. The van der Waals surface area contributed by atoms with Crippen LogP contribution in [0.3, 0.4) is 0 Å². The van der Waals surface area contributed by atoms with Crippen LogP contribution in [0.2, 0.25) is 0 Å². The third kappa shape index (κ3) is 4.15. The van der Waals surface area contributed by atoms with Gasteiger partial charge in [0.25, 0.3) is 0 Å². The Bertz CT molecular complexity index is 497. The van der Waals surface area contributed by atoms with E-state index in [1.54, 1.807) is 6.07 Å². The minimum Gasteiger partial charge on any atom is -0.372 e. The van der Waals surface area contributed by atoms with Crippen molar-refractivity contribution in [3.05, 3.63) is 29.3 Å². The Balaban J connectivity index is 2.28. The molecule has 1 fully saturated rings. The van der Waals surface area contributed by atoms with Gasteiger partial charge in [0.2, 0.25) is 0 Å². The Morgan fingerprint density at radius 3 is 2.52 bits per heavy atom. The van der Waals surface area contributed by atoms with Crippen LogP contribution in [0.4, 0.5) is 18.9 Å². The lowest BCUT2D eigenvalue weighted by Gasteiger charge is -2.26. The van der Waals surface area contributed by atoms with Crippen molar-refractivity contribution in [3.63, 3.8) is 0 Å². The monoisotopic (exact) mass is 363 g/mol. The normalized spacial score (nSPS) is 19.4. The van der Waals surface area contributed by atoms with E-state index < -0.39 is 11.7 Å². The van der Waals surface area contributed by atoms with Crippen LogP contribution in [-0.2, 0) is 11.5 Å². The molecule has 1 heterocycles. The zero-order chi connectivity index (χ0) is 15.7. The second kappa shape index (κ2) is 6.19. The summed E-state index contributed by atoms with van der Waals surface area (Å²) in [7, 11) is 0. The quantitative estimate of drug-likeness (QED) is 0.616. The van der Waals surface area contributed by atoms with Gasteiger partial charge < -0.3 is 4.90 Å². The second-order valence-electron chi connectivity index (χ2n) is 6.48. The highest BCUT2D eigenvalue weighted by atomic mass is 79.9. The van der Waals surface area contributed by atoms with E-state index in [1.807, 2.05) is 6.07 Å². The number of rotatable bonds is 2. The molecule has 0 radical (unpaired) electrons. The minimum atomic E-state index is -4.30. The SMILES string of the molecule is CC1(C)CCCN(c2ccc(CBr)c(C(F)(F)F)c2)CC1. The predicted octanol–water partition coefficient (Wildman–Crippen LogP) is 5.62. The van der Waals surface area contributed by atoms with Crippen molar-refractivity contribution in [2.75, 3.05) is 18.0 Å². The zero-order valence-corrected chi connectivity index (χ0v) is 14.0. The summed E-state index contributed by atoms with van der Waals surface area (Å²) in [5, 5.41) is 0.217. The van der Waals surface area contributed by atoms with Gasteiger partial charge in [0.1, 0.15) is 0 Å². The van der Waals surface area contributed by atoms with E-state index >= 15 is 0 Å². The molecular formula is C16H21BrF3N. The highest BCUT2D eigenvalue weighted by Crippen LogP contribution is 2.37. The summed E-state index contributed by atoms with van der Waals surface area (Å²) in [6.45, 7) is 6.10.